The summed E-state index contributed by atoms with van der Waals surface area (Å²) >= 11 is 7.94. The standard InChI is InChI=1S/C23H32ClN5O2S/c1-22(2,3)31-21(30)28-15-23(4)9-11-29(12-10-23)18-13-27-19(14-26-18)32-17-8-6-7-16(25-5)20(17)24/h6-8,13-14,25H,9-12,15H2,1-5H3,(H,28,30). The molecule has 2 N–H and O–H groups in total. The van der Waals surface area contributed by atoms with Gasteiger partial charge < -0.3 is 20.3 Å². The zero-order valence-electron chi connectivity index (χ0n) is 19.4. The summed E-state index contributed by atoms with van der Waals surface area (Å²) in [6.07, 6.45) is 5.15. The van der Waals surface area contributed by atoms with Gasteiger partial charge in [0.05, 0.1) is 23.1 Å². The molecule has 1 aromatic carbocycles. The van der Waals surface area contributed by atoms with E-state index < -0.39 is 5.60 Å². The van der Waals surface area contributed by atoms with Gasteiger partial charge in [0.2, 0.25) is 0 Å². The van der Waals surface area contributed by atoms with E-state index in [2.05, 4.69) is 32.4 Å². The topological polar surface area (TPSA) is 79.4 Å². The second-order valence-electron chi connectivity index (χ2n) is 9.34. The summed E-state index contributed by atoms with van der Waals surface area (Å²) < 4.78 is 5.35. The van der Waals surface area contributed by atoms with Crippen LogP contribution in [0.2, 0.25) is 5.02 Å². The lowest BCUT2D eigenvalue weighted by atomic mass is 9.80. The number of benzene rings is 1. The Kier molecular flexibility index (Phi) is 7.77. The molecule has 1 amide bonds. The number of nitrogens with zero attached hydrogens (tertiary/aromatic N) is 3. The number of carbonyl (C=O) groups excluding carboxylic acids is 1. The van der Waals surface area contributed by atoms with Gasteiger partial charge in [-0.15, -0.1) is 0 Å². The van der Waals surface area contributed by atoms with Gasteiger partial charge >= 0.3 is 6.09 Å². The summed E-state index contributed by atoms with van der Waals surface area (Å²) in [7, 11) is 1.85. The smallest absolute Gasteiger partial charge is 0.407 e. The van der Waals surface area contributed by atoms with Crippen LogP contribution in [0.4, 0.5) is 16.3 Å². The molecule has 0 unspecified atom stereocenters. The Bertz CT molecular complexity index is 925. The molecule has 32 heavy (non-hydrogen) atoms. The average Bonchev–Trinajstić information content (AvgIpc) is 2.74. The Balaban J connectivity index is 1.53. The summed E-state index contributed by atoms with van der Waals surface area (Å²) in [6, 6.07) is 5.87. The number of halogens is 1. The first-order chi connectivity index (χ1) is 15.1. The minimum atomic E-state index is -0.488. The van der Waals surface area contributed by atoms with Crippen molar-refractivity contribution in [3.05, 3.63) is 35.6 Å². The van der Waals surface area contributed by atoms with Crippen LogP contribution in [0.15, 0.2) is 40.5 Å². The summed E-state index contributed by atoms with van der Waals surface area (Å²) in [5.41, 5.74) is 0.434. The number of piperidine rings is 1. The van der Waals surface area contributed by atoms with Crippen LogP contribution in [0.1, 0.15) is 40.5 Å². The molecule has 0 bridgehead atoms. The first-order valence-electron chi connectivity index (χ1n) is 10.8. The van der Waals surface area contributed by atoms with Crippen molar-refractivity contribution in [3.63, 3.8) is 0 Å². The van der Waals surface area contributed by atoms with Crippen molar-refractivity contribution in [3.8, 4) is 0 Å². The van der Waals surface area contributed by atoms with E-state index >= 15 is 0 Å². The second kappa shape index (κ2) is 10.2. The maximum atomic E-state index is 12.0. The number of hydrogen-bond acceptors (Lipinski definition) is 7. The summed E-state index contributed by atoms with van der Waals surface area (Å²) in [6.45, 7) is 10.1. The molecule has 2 heterocycles. The molecule has 7 nitrogen and oxygen atoms in total. The lowest BCUT2D eigenvalue weighted by molar-refractivity contribution is 0.0495. The maximum absolute atomic E-state index is 12.0. The molecular weight excluding hydrogens is 446 g/mol. The molecule has 0 atom stereocenters. The van der Waals surface area contributed by atoms with Crippen LogP contribution in [0.3, 0.4) is 0 Å². The molecule has 0 spiro atoms. The number of carbonyl (C=O) groups is 1. The van der Waals surface area contributed by atoms with Gasteiger partial charge in [-0.3, -0.25) is 0 Å². The molecule has 9 heteroatoms. The van der Waals surface area contributed by atoms with E-state index in [-0.39, 0.29) is 11.5 Å². The molecule has 1 aliphatic rings. The summed E-state index contributed by atoms with van der Waals surface area (Å²) in [5.74, 6) is 0.867. The van der Waals surface area contributed by atoms with Crippen molar-refractivity contribution < 1.29 is 9.53 Å². The van der Waals surface area contributed by atoms with Crippen LogP contribution in [-0.2, 0) is 4.74 Å². The third kappa shape index (κ3) is 6.65. The lowest BCUT2D eigenvalue weighted by Gasteiger charge is -2.40. The number of alkyl carbamates (subject to hydrolysis) is 1. The number of aromatic nitrogens is 2. The van der Waals surface area contributed by atoms with Crippen LogP contribution < -0.4 is 15.5 Å². The molecule has 3 rings (SSSR count). The number of anilines is 2. The minimum Gasteiger partial charge on any atom is -0.444 e. The highest BCUT2D eigenvalue weighted by atomic mass is 35.5. The fraction of sp³-hybridized carbons (Fsp3) is 0.522. The quantitative estimate of drug-likeness (QED) is 0.572. The SMILES string of the molecule is CNc1cccc(Sc2cnc(N3CCC(C)(CNC(=O)OC(C)(C)C)CC3)cn2)c1Cl. The Morgan fingerprint density at radius 3 is 2.56 bits per heavy atom. The van der Waals surface area contributed by atoms with E-state index in [1.165, 1.54) is 11.8 Å². The molecule has 1 saturated heterocycles. The van der Waals surface area contributed by atoms with E-state index in [1.54, 1.807) is 6.20 Å². The van der Waals surface area contributed by atoms with Crippen LogP contribution in [0.5, 0.6) is 0 Å². The fourth-order valence-electron chi connectivity index (χ4n) is 3.47. The second-order valence-corrected chi connectivity index (χ2v) is 10.8. The maximum Gasteiger partial charge on any atom is 0.407 e. The first-order valence-corrected chi connectivity index (χ1v) is 12.0. The predicted molar refractivity (Wildman–Crippen MR) is 131 cm³/mol. The monoisotopic (exact) mass is 477 g/mol. The van der Waals surface area contributed by atoms with Gasteiger partial charge in [0, 0.05) is 31.6 Å². The van der Waals surface area contributed by atoms with Gasteiger partial charge in [-0.05, 0) is 51.2 Å². The zero-order valence-corrected chi connectivity index (χ0v) is 20.9. The van der Waals surface area contributed by atoms with Gasteiger partial charge in [-0.1, -0.05) is 36.4 Å². The number of amides is 1. The Morgan fingerprint density at radius 1 is 1.25 bits per heavy atom. The van der Waals surface area contributed by atoms with Crippen molar-refractivity contribution in [2.24, 2.45) is 5.41 Å². The van der Waals surface area contributed by atoms with Crippen molar-refractivity contribution in [1.82, 2.24) is 15.3 Å². The van der Waals surface area contributed by atoms with Crippen LogP contribution in [0, 0.1) is 5.41 Å². The van der Waals surface area contributed by atoms with E-state index in [9.17, 15) is 4.79 Å². The van der Waals surface area contributed by atoms with Crippen LogP contribution >= 0.6 is 23.4 Å². The van der Waals surface area contributed by atoms with Crippen molar-refractivity contribution >= 4 is 41.0 Å². The fourth-order valence-corrected chi connectivity index (χ4v) is 4.59. The molecule has 1 aromatic heterocycles. The zero-order chi connectivity index (χ0) is 23.4. The average molecular weight is 478 g/mol. The highest BCUT2D eigenvalue weighted by Gasteiger charge is 2.31. The molecule has 174 valence electrons. The largest absolute Gasteiger partial charge is 0.444 e. The predicted octanol–water partition coefficient (Wildman–Crippen LogP) is 5.45. The highest BCUT2D eigenvalue weighted by molar-refractivity contribution is 7.99. The summed E-state index contributed by atoms with van der Waals surface area (Å²) in [4.78, 5) is 24.4. The number of hydrogen-bond donors (Lipinski definition) is 2. The van der Waals surface area contributed by atoms with Crippen molar-refractivity contribution in [2.45, 2.75) is 56.1 Å². The molecular formula is C23H32ClN5O2S. The van der Waals surface area contributed by atoms with Crippen molar-refractivity contribution in [2.75, 3.05) is 36.9 Å². The number of rotatable bonds is 6. The van der Waals surface area contributed by atoms with Gasteiger partial charge in [0.1, 0.15) is 16.4 Å². The Morgan fingerprint density at radius 2 is 1.97 bits per heavy atom. The van der Waals surface area contributed by atoms with E-state index in [0.717, 1.165) is 47.4 Å². The Hall–Kier alpha value is -2.19. The summed E-state index contributed by atoms with van der Waals surface area (Å²) in [5, 5.41) is 7.49. The van der Waals surface area contributed by atoms with Gasteiger partial charge in [0.25, 0.3) is 0 Å². The van der Waals surface area contributed by atoms with E-state index in [4.69, 9.17) is 16.3 Å². The number of nitrogens with one attached hydrogen (secondary N) is 2. The highest BCUT2D eigenvalue weighted by Crippen LogP contribution is 2.37. The Labute approximate surface area is 199 Å². The molecule has 0 aliphatic carbocycles. The van der Waals surface area contributed by atoms with Crippen molar-refractivity contribution in [1.29, 1.82) is 0 Å². The third-order valence-electron chi connectivity index (χ3n) is 5.41. The van der Waals surface area contributed by atoms with E-state index in [0.29, 0.717) is 11.6 Å². The minimum absolute atomic E-state index is 0.0334. The van der Waals surface area contributed by atoms with Gasteiger partial charge in [-0.25, -0.2) is 14.8 Å². The molecule has 2 aromatic rings. The number of ether oxygens (including phenoxy) is 1. The van der Waals surface area contributed by atoms with Gasteiger partial charge in [-0.2, -0.15) is 0 Å². The molecule has 1 fully saturated rings. The molecule has 1 aliphatic heterocycles. The molecule has 0 radical (unpaired) electrons. The third-order valence-corrected chi connectivity index (χ3v) is 6.91. The van der Waals surface area contributed by atoms with E-state index in [1.807, 2.05) is 52.2 Å². The normalized spacial score (nSPS) is 15.9. The van der Waals surface area contributed by atoms with Crippen LogP contribution in [0.25, 0.3) is 0 Å². The first kappa shape index (κ1) is 24.5. The van der Waals surface area contributed by atoms with Crippen LogP contribution in [-0.4, -0.2) is 48.3 Å². The lowest BCUT2D eigenvalue weighted by Crippen LogP contribution is -2.45. The molecule has 0 saturated carbocycles. The van der Waals surface area contributed by atoms with Gasteiger partial charge in [0.15, 0.2) is 0 Å².